The summed E-state index contributed by atoms with van der Waals surface area (Å²) < 4.78 is 5.73. The van der Waals surface area contributed by atoms with Crippen LogP contribution in [0, 0.1) is 5.92 Å². The first-order valence-corrected chi connectivity index (χ1v) is 8.21. The molecule has 0 amide bonds. The van der Waals surface area contributed by atoms with Crippen LogP contribution in [0.4, 0.5) is 0 Å². The van der Waals surface area contributed by atoms with E-state index < -0.39 is 0 Å². The minimum atomic E-state index is 0.280. The molecule has 118 valence electrons. The first-order valence-electron chi connectivity index (χ1n) is 8.21. The van der Waals surface area contributed by atoms with Gasteiger partial charge in [0.1, 0.15) is 0 Å². The lowest BCUT2D eigenvalue weighted by Crippen LogP contribution is -2.36. The van der Waals surface area contributed by atoms with Crippen LogP contribution in [0.5, 0.6) is 0 Å². The van der Waals surface area contributed by atoms with Crippen LogP contribution in [0.2, 0.25) is 0 Å². The van der Waals surface area contributed by atoms with E-state index in [0.717, 1.165) is 19.6 Å². The first kappa shape index (κ1) is 16.5. The van der Waals surface area contributed by atoms with Gasteiger partial charge < -0.3 is 10.5 Å². The molecule has 3 nitrogen and oxygen atoms in total. The van der Waals surface area contributed by atoms with E-state index in [-0.39, 0.29) is 6.04 Å². The smallest absolute Gasteiger partial charge is 0.0702 e. The molecule has 1 fully saturated rings. The fourth-order valence-electron chi connectivity index (χ4n) is 3.15. The van der Waals surface area contributed by atoms with Gasteiger partial charge >= 0.3 is 0 Å². The van der Waals surface area contributed by atoms with Crippen molar-refractivity contribution in [3.8, 4) is 0 Å². The van der Waals surface area contributed by atoms with Crippen molar-refractivity contribution in [2.45, 2.75) is 45.3 Å². The zero-order valence-corrected chi connectivity index (χ0v) is 13.7. The van der Waals surface area contributed by atoms with Gasteiger partial charge in [0.15, 0.2) is 0 Å². The topological polar surface area (TPSA) is 38.5 Å². The second-order valence-electron chi connectivity index (χ2n) is 6.67. The zero-order chi connectivity index (χ0) is 15.2. The van der Waals surface area contributed by atoms with Gasteiger partial charge in [-0.05, 0) is 43.4 Å². The monoisotopic (exact) mass is 290 g/mol. The van der Waals surface area contributed by atoms with E-state index in [1.807, 2.05) is 0 Å². The van der Waals surface area contributed by atoms with Crippen LogP contribution in [-0.2, 0) is 11.2 Å². The lowest BCUT2D eigenvalue weighted by atomic mass is 9.98. The largest absolute Gasteiger partial charge is 0.377 e. The van der Waals surface area contributed by atoms with Gasteiger partial charge in [0.2, 0.25) is 0 Å². The molecule has 2 rings (SSSR count). The van der Waals surface area contributed by atoms with Crippen LogP contribution in [0.3, 0.4) is 0 Å². The fraction of sp³-hybridized carbons (Fsp3) is 0.667. The fourth-order valence-corrected chi connectivity index (χ4v) is 3.15. The summed E-state index contributed by atoms with van der Waals surface area (Å²) in [7, 11) is 2.15. The average Bonchev–Trinajstić information content (AvgIpc) is 2.93. The van der Waals surface area contributed by atoms with Gasteiger partial charge in [-0.2, -0.15) is 0 Å². The average molecular weight is 290 g/mol. The molecule has 3 heteroatoms. The molecule has 0 aromatic heterocycles. The molecule has 0 bridgehead atoms. The van der Waals surface area contributed by atoms with E-state index in [2.05, 4.69) is 50.1 Å². The Morgan fingerprint density at radius 2 is 2.00 bits per heavy atom. The number of nitrogens with zero attached hydrogens (tertiary/aromatic N) is 1. The van der Waals surface area contributed by atoms with E-state index >= 15 is 0 Å². The predicted octanol–water partition coefficient (Wildman–Crippen LogP) is 3.00. The molecule has 21 heavy (non-hydrogen) atoms. The summed E-state index contributed by atoms with van der Waals surface area (Å²) in [5.74, 6) is 0.698. The number of ether oxygens (including phenoxy) is 1. The summed E-state index contributed by atoms with van der Waals surface area (Å²) >= 11 is 0. The molecule has 1 saturated heterocycles. The summed E-state index contributed by atoms with van der Waals surface area (Å²) in [6.07, 6.45) is 3.88. The van der Waals surface area contributed by atoms with Crippen LogP contribution < -0.4 is 5.73 Å². The molecule has 2 atom stereocenters. The van der Waals surface area contributed by atoms with Crippen molar-refractivity contribution in [1.82, 2.24) is 4.90 Å². The Bertz CT molecular complexity index is 410. The van der Waals surface area contributed by atoms with E-state index in [1.54, 1.807) is 0 Å². The van der Waals surface area contributed by atoms with Crippen LogP contribution in [0.15, 0.2) is 24.3 Å². The molecule has 1 aliphatic rings. The van der Waals surface area contributed by atoms with E-state index in [4.69, 9.17) is 10.5 Å². The summed E-state index contributed by atoms with van der Waals surface area (Å²) in [5, 5.41) is 0. The molecule has 1 aromatic carbocycles. The first-order chi connectivity index (χ1) is 10.1. The van der Waals surface area contributed by atoms with Gasteiger partial charge in [0, 0.05) is 25.7 Å². The summed E-state index contributed by atoms with van der Waals surface area (Å²) in [5.41, 5.74) is 8.74. The number of benzene rings is 1. The predicted molar refractivity (Wildman–Crippen MR) is 88.4 cm³/mol. The Balaban J connectivity index is 1.98. The Morgan fingerprint density at radius 1 is 1.29 bits per heavy atom. The van der Waals surface area contributed by atoms with Crippen molar-refractivity contribution in [1.29, 1.82) is 0 Å². The quantitative estimate of drug-likeness (QED) is 0.839. The Labute approximate surface area is 129 Å². The standard InChI is InChI=1S/C18H30N2O/c1-14(2)11-15-6-8-16(9-7-15)18(12-19)20(3)13-17-5-4-10-21-17/h6-9,14,17-18H,4-5,10-13,19H2,1-3H3. The van der Waals surface area contributed by atoms with E-state index in [1.165, 1.54) is 24.0 Å². The Kier molecular flexibility index (Phi) is 6.22. The van der Waals surface area contributed by atoms with Crippen molar-refractivity contribution >= 4 is 0 Å². The van der Waals surface area contributed by atoms with Gasteiger partial charge in [0.05, 0.1) is 6.10 Å². The number of rotatable bonds is 7. The molecular formula is C18H30N2O. The lowest BCUT2D eigenvalue weighted by Gasteiger charge is -2.29. The van der Waals surface area contributed by atoms with Gasteiger partial charge in [0.25, 0.3) is 0 Å². The van der Waals surface area contributed by atoms with Gasteiger partial charge in [-0.25, -0.2) is 0 Å². The maximum atomic E-state index is 6.02. The molecule has 0 saturated carbocycles. The van der Waals surface area contributed by atoms with Gasteiger partial charge in [-0.1, -0.05) is 38.1 Å². The van der Waals surface area contributed by atoms with Crippen molar-refractivity contribution < 1.29 is 4.74 Å². The third-order valence-corrected chi connectivity index (χ3v) is 4.28. The second kappa shape index (κ2) is 7.92. The SMILES string of the molecule is CC(C)Cc1ccc(C(CN)N(C)CC2CCCO2)cc1. The van der Waals surface area contributed by atoms with Crippen molar-refractivity contribution in [3.63, 3.8) is 0 Å². The number of hydrogen-bond donors (Lipinski definition) is 1. The van der Waals surface area contributed by atoms with Crippen molar-refractivity contribution in [3.05, 3.63) is 35.4 Å². The third-order valence-electron chi connectivity index (χ3n) is 4.28. The van der Waals surface area contributed by atoms with Crippen LogP contribution in [-0.4, -0.2) is 37.7 Å². The number of nitrogens with two attached hydrogens (primary N) is 1. The minimum Gasteiger partial charge on any atom is -0.377 e. The maximum absolute atomic E-state index is 6.02. The Morgan fingerprint density at radius 3 is 2.52 bits per heavy atom. The van der Waals surface area contributed by atoms with Crippen LogP contribution >= 0.6 is 0 Å². The Hall–Kier alpha value is -0.900. The number of likely N-dealkylation sites (N-methyl/N-ethyl adjacent to an activating group) is 1. The molecule has 1 heterocycles. The highest BCUT2D eigenvalue weighted by Crippen LogP contribution is 2.22. The van der Waals surface area contributed by atoms with Gasteiger partial charge in [-0.15, -0.1) is 0 Å². The maximum Gasteiger partial charge on any atom is 0.0702 e. The second-order valence-corrected chi connectivity index (χ2v) is 6.67. The van der Waals surface area contributed by atoms with E-state index in [0.29, 0.717) is 18.6 Å². The molecule has 0 aliphatic carbocycles. The highest BCUT2D eigenvalue weighted by atomic mass is 16.5. The summed E-state index contributed by atoms with van der Waals surface area (Å²) in [6.45, 7) is 7.04. The van der Waals surface area contributed by atoms with Crippen molar-refractivity contribution in [2.75, 3.05) is 26.7 Å². The zero-order valence-electron chi connectivity index (χ0n) is 13.7. The lowest BCUT2D eigenvalue weighted by molar-refractivity contribution is 0.0689. The molecular weight excluding hydrogens is 260 g/mol. The summed E-state index contributed by atoms with van der Waals surface area (Å²) in [4.78, 5) is 2.34. The van der Waals surface area contributed by atoms with Crippen molar-refractivity contribution in [2.24, 2.45) is 11.7 Å². The number of hydrogen-bond acceptors (Lipinski definition) is 3. The van der Waals surface area contributed by atoms with Crippen LogP contribution in [0.25, 0.3) is 0 Å². The van der Waals surface area contributed by atoms with Crippen LogP contribution in [0.1, 0.15) is 43.9 Å². The third kappa shape index (κ3) is 4.80. The molecule has 1 aromatic rings. The highest BCUT2D eigenvalue weighted by Gasteiger charge is 2.22. The molecule has 1 aliphatic heterocycles. The summed E-state index contributed by atoms with van der Waals surface area (Å²) in [6, 6.07) is 9.25. The molecule has 0 spiro atoms. The molecule has 2 N–H and O–H groups in total. The van der Waals surface area contributed by atoms with Gasteiger partial charge in [-0.3, -0.25) is 4.90 Å². The van der Waals surface area contributed by atoms with E-state index in [9.17, 15) is 0 Å². The minimum absolute atomic E-state index is 0.280. The molecule has 0 radical (unpaired) electrons. The highest BCUT2D eigenvalue weighted by molar-refractivity contribution is 5.25. The normalized spacial score (nSPS) is 20.4. The molecule has 2 unspecified atom stereocenters.